The molecule has 3 fully saturated rings. The number of hydrogen-bond acceptors (Lipinski definition) is 3. The zero-order chi connectivity index (χ0) is 24.5. The van der Waals surface area contributed by atoms with Gasteiger partial charge in [0.2, 0.25) is 0 Å². The van der Waals surface area contributed by atoms with Crippen LogP contribution in [0.1, 0.15) is 105 Å². The van der Waals surface area contributed by atoms with Crippen LogP contribution in [0.3, 0.4) is 0 Å². The van der Waals surface area contributed by atoms with Crippen molar-refractivity contribution in [3.05, 3.63) is 22.1 Å². The van der Waals surface area contributed by atoms with E-state index in [1.807, 2.05) is 0 Å². The van der Waals surface area contributed by atoms with Crippen LogP contribution in [0.5, 0.6) is 0 Å². The summed E-state index contributed by atoms with van der Waals surface area (Å²) in [6, 6.07) is 0.0506. The van der Waals surface area contributed by atoms with Gasteiger partial charge in [-0.1, -0.05) is 63.7 Å². The molecule has 4 rings (SSSR count). The number of ether oxygens (including phenoxy) is 1. The minimum Gasteiger partial charge on any atom is -0.465 e. The molecule has 8 atom stereocenters. The fraction of sp³-hybridized carbons (Fsp3) is 0.897. The molecule has 3 saturated carbocycles. The normalized spacial score (nSPS) is 39.8. The molecule has 34 heavy (non-hydrogen) atoms. The van der Waals surface area contributed by atoms with Crippen LogP contribution in [-0.2, 0) is 9.53 Å². The Kier molecular flexibility index (Phi) is 7.72. The maximum Gasteiger partial charge on any atom is 0.302 e. The van der Waals surface area contributed by atoms with E-state index in [9.17, 15) is 4.79 Å². The highest BCUT2D eigenvalue weighted by molar-refractivity contribution is 5.66. The average Bonchev–Trinajstić information content (AvgIpc) is 3.15. The molecule has 4 aliphatic rings. The smallest absolute Gasteiger partial charge is 0.302 e. The van der Waals surface area contributed by atoms with E-state index in [0.717, 1.165) is 49.4 Å². The molecule has 190 valence electrons. The van der Waals surface area contributed by atoms with Crippen LogP contribution in [0.4, 0.5) is 0 Å². The maximum atomic E-state index is 11.9. The molecule has 0 aliphatic heterocycles. The van der Waals surface area contributed by atoms with Crippen molar-refractivity contribution in [1.29, 1.82) is 0 Å². The SMILES string of the molecule is CC(=O)OC[C@]12CC[C@@H](N=[N+]=[N-])CC1=CC[C@@H]1[C@@H]2CC[C@]2(C)[C@@H]([C@H](C)CCCC(C)C)CC[C@@H]12. The number of azide groups is 1. The van der Waals surface area contributed by atoms with Crippen molar-refractivity contribution < 1.29 is 9.53 Å². The third-order valence-electron chi connectivity index (χ3n) is 10.8. The number of hydrogen-bond donors (Lipinski definition) is 0. The van der Waals surface area contributed by atoms with Crippen molar-refractivity contribution in [1.82, 2.24) is 0 Å². The summed E-state index contributed by atoms with van der Waals surface area (Å²) in [4.78, 5) is 15.0. The zero-order valence-electron chi connectivity index (χ0n) is 22.3. The lowest BCUT2D eigenvalue weighted by atomic mass is 9.46. The van der Waals surface area contributed by atoms with E-state index >= 15 is 0 Å². The molecule has 0 aromatic carbocycles. The van der Waals surface area contributed by atoms with Gasteiger partial charge in [-0.15, -0.1) is 0 Å². The quantitative estimate of drug-likeness (QED) is 0.118. The van der Waals surface area contributed by atoms with Crippen molar-refractivity contribution >= 4 is 5.97 Å². The average molecular weight is 470 g/mol. The summed E-state index contributed by atoms with van der Waals surface area (Å²) >= 11 is 0. The molecule has 0 radical (unpaired) electrons. The van der Waals surface area contributed by atoms with E-state index in [1.165, 1.54) is 57.4 Å². The molecular formula is C29H47N3O2. The Morgan fingerprint density at radius 3 is 2.68 bits per heavy atom. The lowest BCUT2D eigenvalue weighted by Gasteiger charge is -2.59. The summed E-state index contributed by atoms with van der Waals surface area (Å²) in [5.41, 5.74) is 10.8. The first-order valence-electron chi connectivity index (χ1n) is 14.1. The first-order valence-corrected chi connectivity index (χ1v) is 14.1. The Labute approximate surface area is 207 Å². The number of esters is 1. The molecule has 0 aromatic rings. The molecule has 0 aromatic heterocycles. The summed E-state index contributed by atoms with van der Waals surface area (Å²) < 4.78 is 5.76. The van der Waals surface area contributed by atoms with Crippen LogP contribution in [-0.4, -0.2) is 18.6 Å². The Morgan fingerprint density at radius 1 is 1.18 bits per heavy atom. The van der Waals surface area contributed by atoms with Crippen molar-refractivity contribution in [3.8, 4) is 0 Å². The molecule has 0 amide bonds. The van der Waals surface area contributed by atoms with Crippen LogP contribution < -0.4 is 0 Å². The highest BCUT2D eigenvalue weighted by Gasteiger charge is 2.60. The van der Waals surface area contributed by atoms with Gasteiger partial charge in [-0.2, -0.15) is 0 Å². The maximum absolute atomic E-state index is 11.9. The van der Waals surface area contributed by atoms with Gasteiger partial charge in [0.05, 0.1) is 0 Å². The monoisotopic (exact) mass is 469 g/mol. The van der Waals surface area contributed by atoms with Crippen molar-refractivity contribution in [3.63, 3.8) is 0 Å². The molecule has 5 heteroatoms. The molecule has 0 spiro atoms. The standard InChI is InChI=1S/C29H47N3O2/c1-19(2)7-6-8-20(3)25-11-12-26-24-10-9-22-17-23(31-32-30)13-16-29(22,18-34-21(4)33)27(24)14-15-28(25,26)5/h9,19-20,23-27H,6-8,10-18H2,1-5H3/t20-,23-,24+,25-,26+,27+,28-,29-/m1/s1. The van der Waals surface area contributed by atoms with Crippen LogP contribution in [0, 0.1) is 46.3 Å². The lowest BCUT2D eigenvalue weighted by molar-refractivity contribution is -0.149. The van der Waals surface area contributed by atoms with Gasteiger partial charge < -0.3 is 4.74 Å². The van der Waals surface area contributed by atoms with E-state index in [2.05, 4.69) is 43.8 Å². The third-order valence-corrected chi connectivity index (χ3v) is 10.8. The number of carbonyl (C=O) groups excluding carboxylic acids is 1. The van der Waals surface area contributed by atoms with Gasteiger partial charge in [-0.3, -0.25) is 4.79 Å². The van der Waals surface area contributed by atoms with Crippen LogP contribution in [0.25, 0.3) is 10.4 Å². The minimum absolute atomic E-state index is 0.0433. The Morgan fingerprint density at radius 2 is 1.97 bits per heavy atom. The number of nitrogens with zero attached hydrogens (tertiary/aromatic N) is 3. The van der Waals surface area contributed by atoms with Crippen molar-refractivity contribution in [2.45, 2.75) is 111 Å². The molecule has 0 N–H and O–H groups in total. The first kappa shape index (κ1) is 25.6. The Hall–Kier alpha value is -1.48. The molecular weight excluding hydrogens is 422 g/mol. The highest BCUT2D eigenvalue weighted by Crippen LogP contribution is 2.67. The molecule has 0 heterocycles. The second-order valence-electron chi connectivity index (χ2n) is 12.9. The number of fused-ring (bicyclic) bond motifs is 5. The summed E-state index contributed by atoms with van der Waals surface area (Å²) in [6.45, 7) is 11.9. The van der Waals surface area contributed by atoms with Crippen molar-refractivity contribution in [2.75, 3.05) is 6.61 Å². The van der Waals surface area contributed by atoms with Gasteiger partial charge in [0.25, 0.3) is 0 Å². The molecule has 5 nitrogen and oxygen atoms in total. The number of rotatable bonds is 8. The Balaban J connectivity index is 1.55. The van der Waals surface area contributed by atoms with Gasteiger partial charge >= 0.3 is 5.97 Å². The van der Waals surface area contributed by atoms with E-state index < -0.39 is 0 Å². The van der Waals surface area contributed by atoms with Crippen molar-refractivity contribution in [2.24, 2.45) is 51.5 Å². The second-order valence-corrected chi connectivity index (χ2v) is 12.9. The van der Waals surface area contributed by atoms with Gasteiger partial charge in [-0.25, -0.2) is 0 Å². The summed E-state index contributed by atoms with van der Waals surface area (Å²) in [7, 11) is 0. The van der Waals surface area contributed by atoms with Gasteiger partial charge in [0, 0.05) is 23.3 Å². The van der Waals surface area contributed by atoms with E-state index in [4.69, 9.17) is 10.3 Å². The van der Waals surface area contributed by atoms with Crippen LogP contribution >= 0.6 is 0 Å². The van der Waals surface area contributed by atoms with Crippen LogP contribution in [0.2, 0.25) is 0 Å². The van der Waals surface area contributed by atoms with E-state index in [1.54, 1.807) is 0 Å². The molecule has 0 saturated heterocycles. The summed E-state index contributed by atoms with van der Waals surface area (Å²) in [5, 5.41) is 4.07. The minimum atomic E-state index is -0.176. The predicted molar refractivity (Wildman–Crippen MR) is 137 cm³/mol. The topological polar surface area (TPSA) is 75.1 Å². The van der Waals surface area contributed by atoms with E-state index in [-0.39, 0.29) is 17.4 Å². The summed E-state index contributed by atoms with van der Waals surface area (Å²) in [6.07, 6.45) is 15.8. The predicted octanol–water partition coefficient (Wildman–Crippen LogP) is 8.25. The molecule has 0 bridgehead atoms. The summed E-state index contributed by atoms with van der Waals surface area (Å²) in [5.74, 6) is 4.36. The Bertz CT molecular complexity index is 831. The third kappa shape index (κ3) is 4.66. The highest BCUT2D eigenvalue weighted by atomic mass is 16.5. The largest absolute Gasteiger partial charge is 0.465 e. The van der Waals surface area contributed by atoms with Crippen LogP contribution in [0.15, 0.2) is 16.8 Å². The van der Waals surface area contributed by atoms with Gasteiger partial charge in [0.1, 0.15) is 6.61 Å². The van der Waals surface area contributed by atoms with Gasteiger partial charge in [-0.05, 0) is 97.8 Å². The molecule has 4 aliphatic carbocycles. The lowest BCUT2D eigenvalue weighted by Crippen LogP contribution is -2.53. The fourth-order valence-electron chi connectivity index (χ4n) is 9.13. The molecule has 0 unspecified atom stereocenters. The second kappa shape index (κ2) is 10.2. The fourth-order valence-corrected chi connectivity index (χ4v) is 9.13. The first-order chi connectivity index (χ1) is 16.2. The van der Waals surface area contributed by atoms with Gasteiger partial charge in [0.15, 0.2) is 0 Å². The number of carbonyl (C=O) groups is 1. The zero-order valence-corrected chi connectivity index (χ0v) is 22.3. The number of allylic oxidation sites excluding steroid dienone is 1. The van der Waals surface area contributed by atoms with E-state index in [0.29, 0.717) is 23.9 Å².